The first-order chi connectivity index (χ1) is 13.4. The highest BCUT2D eigenvalue weighted by molar-refractivity contribution is 8.13. The first kappa shape index (κ1) is 20.9. The third kappa shape index (κ3) is 4.77. The van der Waals surface area contributed by atoms with E-state index in [1.807, 2.05) is 13.8 Å². The monoisotopic (exact) mass is 405 g/mol. The number of aromatic nitrogens is 1. The standard InChI is InChI=1S/C20H27N3O4S/c1-4-26-19(24)28-10-5-17-15(12-21)14-11-20(2,3)27-13-16(14)18(22-17)23-6-8-25-9-7-23/h4-11,13H2,1-3H3. The molecule has 0 aromatic carbocycles. The van der Waals surface area contributed by atoms with Crippen LogP contribution in [0.3, 0.4) is 0 Å². The van der Waals surface area contributed by atoms with Crippen LogP contribution in [-0.2, 0) is 33.7 Å². The van der Waals surface area contributed by atoms with Crippen molar-refractivity contribution >= 4 is 22.9 Å². The molecule has 8 heteroatoms. The summed E-state index contributed by atoms with van der Waals surface area (Å²) < 4.78 is 16.5. The van der Waals surface area contributed by atoms with E-state index in [9.17, 15) is 10.1 Å². The Morgan fingerprint density at radius 2 is 2.11 bits per heavy atom. The van der Waals surface area contributed by atoms with Crippen LogP contribution in [-0.4, -0.2) is 54.5 Å². The van der Waals surface area contributed by atoms with Crippen molar-refractivity contribution in [2.45, 2.75) is 45.8 Å². The summed E-state index contributed by atoms with van der Waals surface area (Å²) in [4.78, 5) is 18.7. The summed E-state index contributed by atoms with van der Waals surface area (Å²) in [6.07, 6.45) is 1.21. The van der Waals surface area contributed by atoms with Gasteiger partial charge in [0.1, 0.15) is 11.9 Å². The number of morpholine rings is 1. The van der Waals surface area contributed by atoms with E-state index in [-0.39, 0.29) is 10.9 Å². The number of pyridine rings is 1. The van der Waals surface area contributed by atoms with E-state index in [4.69, 9.17) is 19.2 Å². The molecule has 0 radical (unpaired) electrons. The summed E-state index contributed by atoms with van der Waals surface area (Å²) in [6.45, 7) is 9.56. The van der Waals surface area contributed by atoms with E-state index in [0.29, 0.717) is 50.6 Å². The highest BCUT2D eigenvalue weighted by atomic mass is 32.2. The van der Waals surface area contributed by atoms with E-state index in [1.165, 1.54) is 0 Å². The van der Waals surface area contributed by atoms with Crippen LogP contribution in [0, 0.1) is 11.3 Å². The summed E-state index contributed by atoms with van der Waals surface area (Å²) in [5, 5.41) is 9.59. The second-order valence-electron chi connectivity index (χ2n) is 7.43. The van der Waals surface area contributed by atoms with Gasteiger partial charge >= 0.3 is 5.30 Å². The number of rotatable bonds is 5. The minimum Gasteiger partial charge on any atom is -0.458 e. The van der Waals surface area contributed by atoms with Gasteiger partial charge in [-0.05, 0) is 38.1 Å². The third-order valence-corrected chi connectivity index (χ3v) is 5.68. The third-order valence-electron chi connectivity index (χ3n) is 4.92. The van der Waals surface area contributed by atoms with Crippen LogP contribution < -0.4 is 4.90 Å². The minimum absolute atomic E-state index is 0.290. The van der Waals surface area contributed by atoms with E-state index < -0.39 is 0 Å². The molecule has 7 nitrogen and oxygen atoms in total. The molecule has 1 fully saturated rings. The SMILES string of the molecule is CCOC(=O)SCCc1nc(N2CCOCC2)c2c(c1C#N)CC(C)(C)OC2. The van der Waals surface area contributed by atoms with Crippen LogP contribution in [0.25, 0.3) is 0 Å². The molecule has 0 aliphatic carbocycles. The number of thioether (sulfide) groups is 1. The molecule has 0 spiro atoms. The molecular weight excluding hydrogens is 378 g/mol. The number of ether oxygens (including phenoxy) is 3. The molecule has 1 aromatic heterocycles. The Balaban J connectivity index is 1.94. The van der Waals surface area contributed by atoms with Gasteiger partial charge in [-0.3, -0.25) is 0 Å². The van der Waals surface area contributed by atoms with Gasteiger partial charge in [0.05, 0.1) is 43.3 Å². The smallest absolute Gasteiger partial charge is 0.367 e. The molecule has 1 saturated heterocycles. The van der Waals surface area contributed by atoms with Crippen LogP contribution in [0.5, 0.6) is 0 Å². The van der Waals surface area contributed by atoms with E-state index in [0.717, 1.165) is 47.5 Å². The van der Waals surface area contributed by atoms with Crippen molar-refractivity contribution in [3.8, 4) is 6.07 Å². The van der Waals surface area contributed by atoms with Crippen LogP contribution in [0.15, 0.2) is 0 Å². The Bertz CT molecular complexity index is 770. The van der Waals surface area contributed by atoms with Gasteiger partial charge in [0.25, 0.3) is 0 Å². The van der Waals surface area contributed by atoms with Crippen molar-refractivity contribution in [2.75, 3.05) is 43.6 Å². The molecule has 0 unspecified atom stereocenters. The number of fused-ring (bicyclic) bond motifs is 1. The van der Waals surface area contributed by atoms with Gasteiger partial charge in [-0.2, -0.15) is 5.26 Å². The number of hydrogen-bond donors (Lipinski definition) is 0. The average molecular weight is 406 g/mol. The quantitative estimate of drug-likeness (QED) is 0.691. The van der Waals surface area contributed by atoms with Crippen molar-refractivity contribution in [1.82, 2.24) is 4.98 Å². The van der Waals surface area contributed by atoms with Crippen LogP contribution in [0.1, 0.15) is 43.2 Å². The zero-order chi connectivity index (χ0) is 20.1. The Kier molecular flexibility index (Phi) is 6.81. The first-order valence-corrected chi connectivity index (χ1v) is 10.6. The number of anilines is 1. The Morgan fingerprint density at radius 3 is 2.79 bits per heavy atom. The predicted octanol–water partition coefficient (Wildman–Crippen LogP) is 3.07. The van der Waals surface area contributed by atoms with Gasteiger partial charge in [0, 0.05) is 37.2 Å². The molecule has 0 amide bonds. The molecule has 2 aliphatic heterocycles. The highest BCUT2D eigenvalue weighted by Gasteiger charge is 2.33. The molecule has 0 N–H and O–H groups in total. The lowest BCUT2D eigenvalue weighted by atomic mass is 9.87. The Labute approximate surface area is 170 Å². The lowest BCUT2D eigenvalue weighted by Crippen LogP contribution is -2.40. The van der Waals surface area contributed by atoms with Crippen molar-refractivity contribution in [2.24, 2.45) is 0 Å². The summed E-state index contributed by atoms with van der Waals surface area (Å²) in [5.41, 5.74) is 3.11. The molecular formula is C20H27N3O4S. The van der Waals surface area contributed by atoms with Crippen molar-refractivity contribution in [1.29, 1.82) is 5.26 Å². The van der Waals surface area contributed by atoms with Crippen LogP contribution >= 0.6 is 11.8 Å². The number of hydrogen-bond acceptors (Lipinski definition) is 8. The molecule has 3 heterocycles. The zero-order valence-electron chi connectivity index (χ0n) is 16.7. The second kappa shape index (κ2) is 9.12. The van der Waals surface area contributed by atoms with Gasteiger partial charge in [-0.1, -0.05) is 0 Å². The fraction of sp³-hybridized carbons (Fsp3) is 0.650. The minimum atomic E-state index is -0.320. The summed E-state index contributed by atoms with van der Waals surface area (Å²) in [7, 11) is 0. The number of carbonyl (C=O) groups excluding carboxylic acids is 1. The molecule has 0 saturated carbocycles. The summed E-state index contributed by atoms with van der Waals surface area (Å²) >= 11 is 1.12. The van der Waals surface area contributed by atoms with E-state index in [1.54, 1.807) is 6.92 Å². The van der Waals surface area contributed by atoms with Gasteiger partial charge < -0.3 is 19.1 Å². The molecule has 1 aromatic rings. The maximum Gasteiger partial charge on any atom is 0.367 e. The average Bonchev–Trinajstić information content (AvgIpc) is 2.67. The van der Waals surface area contributed by atoms with E-state index >= 15 is 0 Å². The number of carbonyl (C=O) groups is 1. The Morgan fingerprint density at radius 1 is 1.36 bits per heavy atom. The summed E-state index contributed by atoms with van der Waals surface area (Å²) in [6, 6.07) is 2.37. The van der Waals surface area contributed by atoms with Crippen LogP contribution in [0.4, 0.5) is 10.6 Å². The van der Waals surface area contributed by atoms with Crippen LogP contribution in [0.2, 0.25) is 0 Å². The first-order valence-electron chi connectivity index (χ1n) is 9.66. The molecule has 0 atom stereocenters. The predicted molar refractivity (Wildman–Crippen MR) is 108 cm³/mol. The maximum atomic E-state index is 11.6. The Hall–Kier alpha value is -1.82. The van der Waals surface area contributed by atoms with E-state index in [2.05, 4.69) is 11.0 Å². The van der Waals surface area contributed by atoms with Crippen molar-refractivity contribution in [3.63, 3.8) is 0 Å². The fourth-order valence-electron chi connectivity index (χ4n) is 3.54. The van der Waals surface area contributed by atoms with Gasteiger partial charge in [-0.15, -0.1) is 0 Å². The number of nitrogens with zero attached hydrogens (tertiary/aromatic N) is 3. The maximum absolute atomic E-state index is 11.6. The van der Waals surface area contributed by atoms with Gasteiger partial charge in [0.2, 0.25) is 0 Å². The van der Waals surface area contributed by atoms with Gasteiger partial charge in [0.15, 0.2) is 0 Å². The summed E-state index contributed by atoms with van der Waals surface area (Å²) in [5.74, 6) is 1.42. The fourth-order valence-corrected chi connectivity index (χ4v) is 4.21. The lowest BCUT2D eigenvalue weighted by molar-refractivity contribution is -0.0402. The second-order valence-corrected chi connectivity index (χ2v) is 8.46. The molecule has 0 bridgehead atoms. The van der Waals surface area contributed by atoms with Gasteiger partial charge in [-0.25, -0.2) is 9.78 Å². The zero-order valence-corrected chi connectivity index (χ0v) is 17.6. The van der Waals surface area contributed by atoms with Crippen molar-refractivity contribution < 1.29 is 19.0 Å². The number of nitriles is 1. The van der Waals surface area contributed by atoms with Crippen molar-refractivity contribution in [3.05, 3.63) is 22.4 Å². The topological polar surface area (TPSA) is 84.7 Å². The lowest BCUT2D eigenvalue weighted by Gasteiger charge is -2.37. The normalized spacial score (nSPS) is 18.3. The largest absolute Gasteiger partial charge is 0.458 e. The number of aryl methyl sites for hydroxylation is 1. The molecule has 3 rings (SSSR count). The molecule has 28 heavy (non-hydrogen) atoms. The molecule has 152 valence electrons. The highest BCUT2D eigenvalue weighted by Crippen LogP contribution is 2.36. The molecule has 2 aliphatic rings.